The minimum Gasteiger partial charge on any atom is -0.480 e. The van der Waals surface area contributed by atoms with Gasteiger partial charge in [-0.05, 0) is 38.1 Å². The zero-order chi connectivity index (χ0) is 26.6. The van der Waals surface area contributed by atoms with Gasteiger partial charge in [-0.25, -0.2) is 0 Å². The molecule has 192 valence electrons. The predicted molar refractivity (Wildman–Crippen MR) is 121 cm³/mol. The summed E-state index contributed by atoms with van der Waals surface area (Å²) in [4.78, 5) is 39.7. The SMILES string of the molecule is CC(C)[C@H](N)C(=O)O.CC(C)[C@H](N)C(=O)O.C[C@H](N)C(=O)O.NCCCC[C@H](N)C(=O)O. The summed E-state index contributed by atoms with van der Waals surface area (Å²) in [5.74, 6) is -3.72. The van der Waals surface area contributed by atoms with Crippen LogP contribution in [0, 0.1) is 11.8 Å². The highest BCUT2D eigenvalue weighted by Gasteiger charge is 2.15. The van der Waals surface area contributed by atoms with Crippen LogP contribution in [-0.4, -0.2) is 75.0 Å². The van der Waals surface area contributed by atoms with Crippen molar-refractivity contribution < 1.29 is 39.6 Å². The zero-order valence-electron chi connectivity index (χ0n) is 19.6. The van der Waals surface area contributed by atoms with Crippen LogP contribution in [0.5, 0.6) is 0 Å². The highest BCUT2D eigenvalue weighted by molar-refractivity contribution is 5.74. The quantitative estimate of drug-likeness (QED) is 0.175. The summed E-state index contributed by atoms with van der Waals surface area (Å²) >= 11 is 0. The number of unbranched alkanes of at least 4 members (excludes halogenated alkanes) is 1. The summed E-state index contributed by atoms with van der Waals surface area (Å²) in [5.41, 5.74) is 25.6. The van der Waals surface area contributed by atoms with Gasteiger partial charge in [0.2, 0.25) is 0 Å². The Morgan fingerprint density at radius 1 is 0.625 bits per heavy atom. The van der Waals surface area contributed by atoms with Crippen molar-refractivity contribution in [1.29, 1.82) is 0 Å². The first-order valence-corrected chi connectivity index (χ1v) is 10.1. The molecule has 4 atom stereocenters. The largest absolute Gasteiger partial charge is 0.480 e. The molecule has 0 saturated carbocycles. The van der Waals surface area contributed by atoms with E-state index < -0.39 is 48.0 Å². The molecule has 0 aromatic carbocycles. The van der Waals surface area contributed by atoms with E-state index in [1.165, 1.54) is 6.92 Å². The summed E-state index contributed by atoms with van der Waals surface area (Å²) in [6, 6.07) is -2.87. The third-order valence-electron chi connectivity index (χ3n) is 3.68. The lowest BCUT2D eigenvalue weighted by molar-refractivity contribution is -0.140. The van der Waals surface area contributed by atoms with Crippen molar-refractivity contribution >= 4 is 23.9 Å². The molecule has 0 spiro atoms. The van der Waals surface area contributed by atoms with E-state index in [1.807, 2.05) is 0 Å². The van der Waals surface area contributed by atoms with E-state index in [2.05, 4.69) is 0 Å². The van der Waals surface area contributed by atoms with E-state index in [0.29, 0.717) is 13.0 Å². The van der Waals surface area contributed by atoms with E-state index in [9.17, 15) is 19.2 Å². The first-order valence-electron chi connectivity index (χ1n) is 10.1. The van der Waals surface area contributed by atoms with Crippen molar-refractivity contribution in [2.24, 2.45) is 40.5 Å². The van der Waals surface area contributed by atoms with Gasteiger partial charge >= 0.3 is 23.9 Å². The van der Waals surface area contributed by atoms with Crippen LogP contribution >= 0.6 is 0 Å². The topological polar surface area (TPSA) is 279 Å². The van der Waals surface area contributed by atoms with Gasteiger partial charge in [0.25, 0.3) is 0 Å². The zero-order valence-corrected chi connectivity index (χ0v) is 19.6. The van der Waals surface area contributed by atoms with Gasteiger partial charge in [0.15, 0.2) is 0 Å². The van der Waals surface area contributed by atoms with Gasteiger partial charge in [-0.3, -0.25) is 19.2 Å². The van der Waals surface area contributed by atoms with E-state index in [4.69, 9.17) is 49.1 Å². The van der Waals surface area contributed by atoms with E-state index in [-0.39, 0.29) is 11.8 Å². The number of carboxylic acids is 4. The molecule has 0 aliphatic carbocycles. The van der Waals surface area contributed by atoms with Crippen LogP contribution in [0.25, 0.3) is 0 Å². The number of nitrogens with two attached hydrogens (primary N) is 5. The Labute approximate surface area is 189 Å². The summed E-state index contributed by atoms with van der Waals surface area (Å²) in [6.07, 6.45) is 2.16. The average molecular weight is 470 g/mol. The molecule has 14 N–H and O–H groups in total. The Morgan fingerprint density at radius 3 is 1.06 bits per heavy atom. The highest BCUT2D eigenvalue weighted by Crippen LogP contribution is 1.97. The van der Waals surface area contributed by atoms with Crippen LogP contribution in [-0.2, 0) is 19.2 Å². The van der Waals surface area contributed by atoms with Gasteiger partial charge in [-0.1, -0.05) is 34.1 Å². The Bertz CT molecular complexity index is 506. The minimum atomic E-state index is -0.963. The second kappa shape index (κ2) is 21.9. The van der Waals surface area contributed by atoms with Crippen LogP contribution in [0.4, 0.5) is 0 Å². The van der Waals surface area contributed by atoms with Crippen LogP contribution in [0.1, 0.15) is 53.9 Å². The molecule has 0 aliphatic heterocycles. The Morgan fingerprint density at radius 2 is 0.938 bits per heavy atom. The predicted octanol–water partition coefficient (Wildman–Crippen LogP) is -0.946. The molecule has 0 aliphatic rings. The molecule has 0 rings (SSSR count). The molecule has 0 amide bonds. The lowest BCUT2D eigenvalue weighted by Gasteiger charge is -2.07. The van der Waals surface area contributed by atoms with Gasteiger partial charge in [0.05, 0.1) is 0 Å². The smallest absolute Gasteiger partial charge is 0.320 e. The number of carboxylic acid groups (broad SMARTS) is 4. The van der Waals surface area contributed by atoms with E-state index in [1.54, 1.807) is 27.7 Å². The molecule has 0 saturated heterocycles. The number of carbonyl (C=O) groups is 4. The molecule has 0 aromatic rings. The highest BCUT2D eigenvalue weighted by atomic mass is 16.4. The number of rotatable bonds is 10. The Kier molecular flexibility index (Phi) is 25.3. The average Bonchev–Trinajstić information content (AvgIpc) is 2.67. The van der Waals surface area contributed by atoms with Crippen molar-refractivity contribution in [2.75, 3.05) is 6.54 Å². The number of hydrogen-bond donors (Lipinski definition) is 9. The Balaban J connectivity index is -0.000000166. The molecular weight excluding hydrogens is 426 g/mol. The first-order chi connectivity index (χ1) is 14.4. The van der Waals surface area contributed by atoms with Crippen LogP contribution in [0.3, 0.4) is 0 Å². The fourth-order valence-corrected chi connectivity index (χ4v) is 1.20. The van der Waals surface area contributed by atoms with E-state index >= 15 is 0 Å². The lowest BCUT2D eigenvalue weighted by Crippen LogP contribution is -2.34. The van der Waals surface area contributed by atoms with Gasteiger partial charge in [0, 0.05) is 0 Å². The van der Waals surface area contributed by atoms with Crippen molar-refractivity contribution in [3.05, 3.63) is 0 Å². The maximum atomic E-state index is 10.1. The van der Waals surface area contributed by atoms with Crippen molar-refractivity contribution in [3.8, 4) is 0 Å². The monoisotopic (exact) mass is 469 g/mol. The molecular formula is C19H43N5O8. The molecule has 0 bridgehead atoms. The molecule has 0 radical (unpaired) electrons. The van der Waals surface area contributed by atoms with Crippen molar-refractivity contribution in [3.63, 3.8) is 0 Å². The van der Waals surface area contributed by atoms with Crippen molar-refractivity contribution in [1.82, 2.24) is 0 Å². The minimum absolute atomic E-state index is 0.0208. The van der Waals surface area contributed by atoms with Crippen LogP contribution in [0.15, 0.2) is 0 Å². The maximum Gasteiger partial charge on any atom is 0.320 e. The normalized spacial score (nSPS) is 13.6. The number of aliphatic carboxylic acids is 4. The summed E-state index contributed by atoms with van der Waals surface area (Å²) in [5, 5.41) is 32.6. The molecule has 0 fully saturated rings. The Hall–Kier alpha value is -2.32. The van der Waals surface area contributed by atoms with Crippen LogP contribution in [0.2, 0.25) is 0 Å². The summed E-state index contributed by atoms with van der Waals surface area (Å²) in [6.45, 7) is 9.13. The van der Waals surface area contributed by atoms with Gasteiger partial charge in [-0.15, -0.1) is 0 Å². The maximum absolute atomic E-state index is 10.1. The molecule has 32 heavy (non-hydrogen) atoms. The van der Waals surface area contributed by atoms with Gasteiger partial charge in [-0.2, -0.15) is 0 Å². The first kappa shape index (κ1) is 37.0. The van der Waals surface area contributed by atoms with Crippen molar-refractivity contribution in [2.45, 2.75) is 78.0 Å². The summed E-state index contributed by atoms with van der Waals surface area (Å²) < 4.78 is 0. The molecule has 0 unspecified atom stereocenters. The molecule has 0 aromatic heterocycles. The molecule has 0 heterocycles. The summed E-state index contributed by atoms with van der Waals surface area (Å²) in [7, 11) is 0. The number of hydrogen-bond acceptors (Lipinski definition) is 9. The lowest BCUT2D eigenvalue weighted by atomic mass is 10.1. The third-order valence-corrected chi connectivity index (χ3v) is 3.68. The second-order valence-electron chi connectivity index (χ2n) is 7.57. The van der Waals surface area contributed by atoms with E-state index in [0.717, 1.165) is 12.8 Å². The second-order valence-corrected chi connectivity index (χ2v) is 7.57. The van der Waals surface area contributed by atoms with Gasteiger partial charge < -0.3 is 49.1 Å². The fraction of sp³-hybridized carbons (Fsp3) is 0.789. The molecule has 13 heteroatoms. The van der Waals surface area contributed by atoms with Crippen LogP contribution < -0.4 is 28.7 Å². The third kappa shape index (κ3) is 27.7. The molecule has 13 nitrogen and oxygen atoms in total. The standard InChI is InChI=1S/C6H14N2O2.2C5H11NO2.C3H7NO2/c7-4-2-1-3-5(8)6(9)10;2*1-3(2)4(6)5(7)8;1-2(4)3(5)6/h5H,1-4,7-8H2,(H,9,10);2*3-4H,6H2,1-2H3,(H,7,8);2H,4H2,1H3,(H,5,6)/t5-;2*4-;2-/m0000/s1. The van der Waals surface area contributed by atoms with Gasteiger partial charge in [0.1, 0.15) is 24.2 Å². The fourth-order valence-electron chi connectivity index (χ4n) is 1.20.